The van der Waals surface area contributed by atoms with Crippen LogP contribution in [0.2, 0.25) is 0 Å². The first kappa shape index (κ1) is 15.7. The number of benzene rings is 1. The van der Waals surface area contributed by atoms with Crippen molar-refractivity contribution >= 4 is 33.3 Å². The van der Waals surface area contributed by atoms with Crippen LogP contribution in [0.5, 0.6) is 0 Å². The summed E-state index contributed by atoms with van der Waals surface area (Å²) in [5.74, 6) is 2.14. The van der Waals surface area contributed by atoms with E-state index in [1.54, 1.807) is 0 Å². The zero-order valence-corrected chi connectivity index (χ0v) is 14.0. The number of nitrogens with one attached hydrogen (secondary N) is 2. The molecular formula is C15H19BrN4O. The van der Waals surface area contributed by atoms with Crippen molar-refractivity contribution in [3.05, 3.63) is 40.1 Å². The monoisotopic (exact) mass is 350 g/mol. The summed E-state index contributed by atoms with van der Waals surface area (Å²) in [6.07, 6.45) is 0. The quantitative estimate of drug-likeness (QED) is 0.827. The van der Waals surface area contributed by atoms with E-state index in [0.717, 1.165) is 27.4 Å². The summed E-state index contributed by atoms with van der Waals surface area (Å²) in [4.78, 5) is 8.85. The second-order valence-electron chi connectivity index (χ2n) is 4.50. The number of hydrogen-bond acceptors (Lipinski definition) is 5. The highest BCUT2D eigenvalue weighted by Crippen LogP contribution is 2.28. The lowest BCUT2D eigenvalue weighted by Gasteiger charge is -2.12. The Labute approximate surface area is 133 Å². The first-order valence-electron chi connectivity index (χ1n) is 6.79. The van der Waals surface area contributed by atoms with E-state index in [4.69, 9.17) is 4.74 Å². The predicted octanol–water partition coefficient (Wildman–Crippen LogP) is 3.87. The van der Waals surface area contributed by atoms with E-state index in [1.807, 2.05) is 32.2 Å². The molecular weight excluding hydrogens is 332 g/mol. The Kier molecular flexibility index (Phi) is 5.52. The Bertz CT molecular complexity index is 619. The van der Waals surface area contributed by atoms with Gasteiger partial charge in [-0.15, -0.1) is 0 Å². The SMILES string of the molecule is CCOCc1nc(NC)cc(Nc2cccc(C)c2Br)n1. The molecule has 0 fully saturated rings. The number of halogens is 1. The average Bonchev–Trinajstić information content (AvgIpc) is 2.49. The standard InChI is InChI=1S/C15H19BrN4O/c1-4-21-9-14-19-12(17-3)8-13(20-14)18-11-7-5-6-10(2)15(11)16/h5-8H,4,9H2,1-3H3,(H2,17,18,19,20). The lowest BCUT2D eigenvalue weighted by molar-refractivity contribution is 0.128. The minimum absolute atomic E-state index is 0.398. The molecule has 2 N–H and O–H groups in total. The average molecular weight is 351 g/mol. The van der Waals surface area contributed by atoms with Gasteiger partial charge in [0, 0.05) is 24.2 Å². The third-order valence-corrected chi connectivity index (χ3v) is 3.97. The van der Waals surface area contributed by atoms with E-state index in [9.17, 15) is 0 Å². The van der Waals surface area contributed by atoms with Crippen molar-refractivity contribution in [2.45, 2.75) is 20.5 Å². The molecule has 0 aliphatic carbocycles. The minimum Gasteiger partial charge on any atom is -0.374 e. The fourth-order valence-electron chi connectivity index (χ4n) is 1.83. The van der Waals surface area contributed by atoms with Gasteiger partial charge < -0.3 is 15.4 Å². The van der Waals surface area contributed by atoms with Gasteiger partial charge in [0.1, 0.15) is 18.2 Å². The molecule has 6 heteroatoms. The summed E-state index contributed by atoms with van der Waals surface area (Å²) in [7, 11) is 1.83. The van der Waals surface area contributed by atoms with E-state index in [0.29, 0.717) is 19.0 Å². The molecule has 1 aromatic carbocycles. The highest BCUT2D eigenvalue weighted by Gasteiger charge is 2.07. The molecule has 0 saturated carbocycles. The summed E-state index contributed by atoms with van der Waals surface area (Å²) in [5, 5.41) is 6.35. The Morgan fingerprint density at radius 3 is 2.71 bits per heavy atom. The van der Waals surface area contributed by atoms with Gasteiger partial charge >= 0.3 is 0 Å². The van der Waals surface area contributed by atoms with Crippen molar-refractivity contribution in [2.24, 2.45) is 0 Å². The molecule has 1 heterocycles. The van der Waals surface area contributed by atoms with Crippen molar-refractivity contribution in [2.75, 3.05) is 24.3 Å². The van der Waals surface area contributed by atoms with E-state index in [2.05, 4.69) is 49.5 Å². The molecule has 2 aromatic rings. The molecule has 0 atom stereocenters. The third-order valence-electron chi connectivity index (χ3n) is 2.92. The number of hydrogen-bond donors (Lipinski definition) is 2. The van der Waals surface area contributed by atoms with E-state index in [-0.39, 0.29) is 0 Å². The largest absolute Gasteiger partial charge is 0.374 e. The number of aryl methyl sites for hydroxylation is 1. The Hall–Kier alpha value is -1.66. The van der Waals surface area contributed by atoms with E-state index >= 15 is 0 Å². The number of ether oxygens (including phenoxy) is 1. The van der Waals surface area contributed by atoms with Gasteiger partial charge in [-0.1, -0.05) is 12.1 Å². The fourth-order valence-corrected chi connectivity index (χ4v) is 2.19. The molecule has 0 saturated heterocycles. The lowest BCUT2D eigenvalue weighted by atomic mass is 10.2. The molecule has 0 unspecified atom stereocenters. The van der Waals surface area contributed by atoms with Crippen LogP contribution >= 0.6 is 15.9 Å². The molecule has 0 amide bonds. The zero-order valence-electron chi connectivity index (χ0n) is 12.4. The molecule has 112 valence electrons. The van der Waals surface area contributed by atoms with Gasteiger partial charge in [0.2, 0.25) is 0 Å². The smallest absolute Gasteiger partial charge is 0.158 e. The molecule has 0 aliphatic rings. The van der Waals surface area contributed by atoms with Crippen LogP contribution in [0.3, 0.4) is 0 Å². The summed E-state index contributed by atoms with van der Waals surface area (Å²) in [6.45, 7) is 5.04. The molecule has 21 heavy (non-hydrogen) atoms. The predicted molar refractivity (Wildman–Crippen MR) is 89.1 cm³/mol. The van der Waals surface area contributed by atoms with Crippen molar-refractivity contribution < 1.29 is 4.74 Å². The van der Waals surface area contributed by atoms with Gasteiger partial charge in [-0.25, -0.2) is 9.97 Å². The molecule has 0 aliphatic heterocycles. The van der Waals surface area contributed by atoms with Crippen LogP contribution in [0.4, 0.5) is 17.3 Å². The van der Waals surface area contributed by atoms with Crippen LogP contribution in [-0.4, -0.2) is 23.6 Å². The maximum Gasteiger partial charge on any atom is 0.158 e. The van der Waals surface area contributed by atoms with Crippen LogP contribution in [0.25, 0.3) is 0 Å². The van der Waals surface area contributed by atoms with Crippen molar-refractivity contribution in [3.8, 4) is 0 Å². The first-order chi connectivity index (χ1) is 10.1. The molecule has 1 aromatic heterocycles. The zero-order chi connectivity index (χ0) is 15.2. The molecule has 2 rings (SSSR count). The third kappa shape index (κ3) is 4.15. The van der Waals surface area contributed by atoms with Gasteiger partial charge in [0.15, 0.2) is 5.82 Å². The molecule has 0 radical (unpaired) electrons. The van der Waals surface area contributed by atoms with Crippen LogP contribution in [0.1, 0.15) is 18.3 Å². The number of anilines is 3. The van der Waals surface area contributed by atoms with Crippen LogP contribution in [-0.2, 0) is 11.3 Å². The second-order valence-corrected chi connectivity index (χ2v) is 5.30. The molecule has 5 nitrogen and oxygen atoms in total. The van der Waals surface area contributed by atoms with Crippen LogP contribution < -0.4 is 10.6 Å². The van der Waals surface area contributed by atoms with Gasteiger partial charge in [-0.05, 0) is 41.4 Å². The second kappa shape index (κ2) is 7.38. The molecule has 0 bridgehead atoms. The Morgan fingerprint density at radius 2 is 2.00 bits per heavy atom. The Balaban J connectivity index is 2.28. The highest BCUT2D eigenvalue weighted by molar-refractivity contribution is 9.10. The van der Waals surface area contributed by atoms with Gasteiger partial charge in [-0.3, -0.25) is 0 Å². The highest BCUT2D eigenvalue weighted by atomic mass is 79.9. The number of nitrogens with zero attached hydrogens (tertiary/aromatic N) is 2. The van der Waals surface area contributed by atoms with Crippen LogP contribution in [0, 0.1) is 6.92 Å². The van der Waals surface area contributed by atoms with Crippen molar-refractivity contribution in [1.82, 2.24) is 9.97 Å². The Morgan fingerprint density at radius 1 is 1.24 bits per heavy atom. The van der Waals surface area contributed by atoms with Crippen molar-refractivity contribution in [1.29, 1.82) is 0 Å². The van der Waals surface area contributed by atoms with E-state index < -0.39 is 0 Å². The topological polar surface area (TPSA) is 59.1 Å². The fraction of sp³-hybridized carbons (Fsp3) is 0.333. The summed E-state index contributed by atoms with van der Waals surface area (Å²) in [5.41, 5.74) is 2.13. The summed E-state index contributed by atoms with van der Waals surface area (Å²) in [6, 6.07) is 7.92. The van der Waals surface area contributed by atoms with Gasteiger partial charge in [0.05, 0.1) is 5.69 Å². The first-order valence-corrected chi connectivity index (χ1v) is 7.59. The van der Waals surface area contributed by atoms with E-state index in [1.165, 1.54) is 0 Å². The maximum absolute atomic E-state index is 5.38. The van der Waals surface area contributed by atoms with Gasteiger partial charge in [0.25, 0.3) is 0 Å². The normalized spacial score (nSPS) is 10.5. The lowest BCUT2D eigenvalue weighted by Crippen LogP contribution is -2.05. The summed E-state index contributed by atoms with van der Waals surface area (Å²) >= 11 is 3.59. The maximum atomic E-state index is 5.38. The van der Waals surface area contributed by atoms with Crippen LogP contribution in [0.15, 0.2) is 28.7 Å². The number of aromatic nitrogens is 2. The minimum atomic E-state index is 0.398. The molecule has 0 spiro atoms. The van der Waals surface area contributed by atoms with Crippen molar-refractivity contribution in [3.63, 3.8) is 0 Å². The van der Waals surface area contributed by atoms with Gasteiger partial charge in [-0.2, -0.15) is 0 Å². The number of rotatable bonds is 6. The summed E-state index contributed by atoms with van der Waals surface area (Å²) < 4.78 is 6.41.